The molecule has 3 heterocycles. The van der Waals surface area contributed by atoms with Crippen molar-refractivity contribution in [2.45, 2.75) is 18.9 Å². The average molecular weight is 285 g/mol. The van der Waals surface area contributed by atoms with Crippen molar-refractivity contribution in [1.82, 2.24) is 25.0 Å². The van der Waals surface area contributed by atoms with Gasteiger partial charge in [0.2, 0.25) is 0 Å². The van der Waals surface area contributed by atoms with E-state index in [-0.39, 0.29) is 5.91 Å². The second-order valence-corrected chi connectivity index (χ2v) is 5.26. The molecule has 0 spiro atoms. The molecule has 1 aliphatic heterocycles. The van der Waals surface area contributed by atoms with Gasteiger partial charge in [0.05, 0.1) is 23.6 Å². The molecule has 0 aromatic carbocycles. The van der Waals surface area contributed by atoms with E-state index in [0.717, 1.165) is 31.6 Å². The number of hydrogen-bond acceptors (Lipinski definition) is 4. The Morgan fingerprint density at radius 2 is 2.33 bits per heavy atom. The van der Waals surface area contributed by atoms with Crippen LogP contribution >= 0.6 is 0 Å². The summed E-state index contributed by atoms with van der Waals surface area (Å²) in [5, 5.41) is 7.50. The summed E-state index contributed by atoms with van der Waals surface area (Å²) in [6.07, 6.45) is 8.98. The lowest BCUT2D eigenvalue weighted by Crippen LogP contribution is -2.46. The number of hydrogen-bond donors (Lipinski definition) is 1. The molecule has 1 unspecified atom stereocenters. The molecule has 110 valence electrons. The van der Waals surface area contributed by atoms with E-state index < -0.39 is 0 Å². The monoisotopic (exact) mass is 285 g/mol. The Labute approximate surface area is 123 Å². The highest BCUT2D eigenvalue weighted by Crippen LogP contribution is 2.14. The molecule has 0 radical (unpaired) electrons. The lowest BCUT2D eigenvalue weighted by molar-refractivity contribution is 0.0698. The van der Waals surface area contributed by atoms with Crippen molar-refractivity contribution in [2.75, 3.05) is 20.1 Å². The predicted octanol–water partition coefficient (Wildman–Crippen LogP) is 1.09. The number of pyridine rings is 1. The molecule has 2 aromatic rings. The zero-order valence-electron chi connectivity index (χ0n) is 12.1. The number of likely N-dealkylation sites (N-methyl/N-ethyl adjacent to an activating group) is 1. The molecule has 21 heavy (non-hydrogen) atoms. The number of carbonyl (C=O) groups excluding carboxylic acids is 1. The van der Waals surface area contributed by atoms with Crippen LogP contribution in [0.3, 0.4) is 0 Å². The van der Waals surface area contributed by atoms with Crippen molar-refractivity contribution in [3.63, 3.8) is 0 Å². The molecule has 1 saturated heterocycles. The van der Waals surface area contributed by atoms with Crippen molar-refractivity contribution in [1.29, 1.82) is 0 Å². The highest BCUT2D eigenvalue weighted by atomic mass is 16.2. The second-order valence-electron chi connectivity index (χ2n) is 5.26. The average Bonchev–Trinajstić information content (AvgIpc) is 3.05. The third kappa shape index (κ3) is 2.95. The van der Waals surface area contributed by atoms with E-state index in [1.165, 1.54) is 0 Å². The molecule has 1 aliphatic rings. The van der Waals surface area contributed by atoms with Crippen LogP contribution in [0.2, 0.25) is 0 Å². The molecule has 1 amide bonds. The van der Waals surface area contributed by atoms with Gasteiger partial charge in [0, 0.05) is 31.5 Å². The second kappa shape index (κ2) is 6.05. The molecule has 0 aliphatic carbocycles. The van der Waals surface area contributed by atoms with Crippen LogP contribution in [0.15, 0.2) is 36.9 Å². The van der Waals surface area contributed by atoms with E-state index in [4.69, 9.17) is 0 Å². The summed E-state index contributed by atoms with van der Waals surface area (Å²) in [6, 6.07) is 4.14. The largest absolute Gasteiger partial charge is 0.337 e. The standard InChI is InChI=1S/C15H19N5O/c1-16-13-4-3-7-19(11-13)15(21)12-8-18-20(10-12)14-5-2-6-17-9-14/h2,5-6,8-10,13,16H,3-4,7,11H2,1H3. The van der Waals surface area contributed by atoms with Crippen LogP contribution in [0.4, 0.5) is 0 Å². The van der Waals surface area contributed by atoms with Gasteiger partial charge in [-0.2, -0.15) is 5.10 Å². The fraction of sp³-hybridized carbons (Fsp3) is 0.400. The Hall–Kier alpha value is -2.21. The van der Waals surface area contributed by atoms with Gasteiger partial charge in [-0.25, -0.2) is 4.68 Å². The highest BCUT2D eigenvalue weighted by molar-refractivity contribution is 5.93. The number of nitrogens with zero attached hydrogens (tertiary/aromatic N) is 4. The number of carbonyl (C=O) groups is 1. The SMILES string of the molecule is CNC1CCCN(C(=O)c2cnn(-c3cccnc3)c2)C1. The van der Waals surface area contributed by atoms with Crippen LogP contribution in [0, 0.1) is 0 Å². The van der Waals surface area contributed by atoms with Crippen LogP contribution in [-0.4, -0.2) is 51.8 Å². The third-order valence-corrected chi connectivity index (χ3v) is 3.86. The summed E-state index contributed by atoms with van der Waals surface area (Å²) in [5.41, 5.74) is 1.47. The van der Waals surface area contributed by atoms with Crippen LogP contribution in [0.1, 0.15) is 23.2 Å². The summed E-state index contributed by atoms with van der Waals surface area (Å²) in [4.78, 5) is 18.5. The van der Waals surface area contributed by atoms with Gasteiger partial charge in [0.15, 0.2) is 0 Å². The first kappa shape index (κ1) is 13.8. The summed E-state index contributed by atoms with van der Waals surface area (Å²) in [6.45, 7) is 1.57. The normalized spacial score (nSPS) is 18.7. The molecule has 3 rings (SSSR count). The van der Waals surface area contributed by atoms with E-state index in [9.17, 15) is 4.79 Å². The van der Waals surface area contributed by atoms with Gasteiger partial charge in [-0.05, 0) is 32.0 Å². The van der Waals surface area contributed by atoms with Crippen LogP contribution in [0.25, 0.3) is 5.69 Å². The van der Waals surface area contributed by atoms with Crippen LogP contribution in [-0.2, 0) is 0 Å². The fourth-order valence-electron chi connectivity index (χ4n) is 2.64. The molecule has 0 saturated carbocycles. The summed E-state index contributed by atoms with van der Waals surface area (Å²) in [7, 11) is 1.94. The minimum Gasteiger partial charge on any atom is -0.337 e. The minimum atomic E-state index is 0.0464. The van der Waals surface area contributed by atoms with Gasteiger partial charge in [-0.3, -0.25) is 9.78 Å². The molecule has 0 bridgehead atoms. The van der Waals surface area contributed by atoms with Crippen molar-refractivity contribution in [3.05, 3.63) is 42.5 Å². The maximum atomic E-state index is 12.5. The number of aromatic nitrogens is 3. The number of likely N-dealkylation sites (tertiary alicyclic amines) is 1. The van der Waals surface area contributed by atoms with Crippen LogP contribution < -0.4 is 5.32 Å². The zero-order chi connectivity index (χ0) is 14.7. The van der Waals surface area contributed by atoms with Gasteiger partial charge < -0.3 is 10.2 Å². The predicted molar refractivity (Wildman–Crippen MR) is 79.3 cm³/mol. The van der Waals surface area contributed by atoms with E-state index in [1.807, 2.05) is 24.1 Å². The minimum absolute atomic E-state index is 0.0464. The number of rotatable bonds is 3. The van der Waals surface area contributed by atoms with Crippen molar-refractivity contribution in [3.8, 4) is 5.69 Å². The molecule has 1 atom stereocenters. The lowest BCUT2D eigenvalue weighted by Gasteiger charge is -2.32. The van der Waals surface area contributed by atoms with E-state index in [0.29, 0.717) is 11.6 Å². The summed E-state index contributed by atoms with van der Waals surface area (Å²) >= 11 is 0. The number of piperidine rings is 1. The van der Waals surface area contributed by atoms with Gasteiger partial charge in [0.25, 0.3) is 5.91 Å². The molecule has 1 N–H and O–H groups in total. The van der Waals surface area contributed by atoms with E-state index in [2.05, 4.69) is 15.4 Å². The number of amides is 1. The maximum Gasteiger partial charge on any atom is 0.257 e. The first-order chi connectivity index (χ1) is 10.3. The molecule has 2 aromatic heterocycles. The molecule has 6 nitrogen and oxygen atoms in total. The van der Waals surface area contributed by atoms with Gasteiger partial charge in [-0.15, -0.1) is 0 Å². The van der Waals surface area contributed by atoms with E-state index in [1.54, 1.807) is 29.5 Å². The Morgan fingerprint density at radius 1 is 1.43 bits per heavy atom. The van der Waals surface area contributed by atoms with Crippen molar-refractivity contribution in [2.24, 2.45) is 0 Å². The molecular formula is C15H19N5O. The van der Waals surface area contributed by atoms with Gasteiger partial charge >= 0.3 is 0 Å². The number of nitrogens with one attached hydrogen (secondary N) is 1. The quantitative estimate of drug-likeness (QED) is 0.917. The fourth-order valence-corrected chi connectivity index (χ4v) is 2.64. The topological polar surface area (TPSA) is 63.1 Å². The first-order valence-corrected chi connectivity index (χ1v) is 7.19. The first-order valence-electron chi connectivity index (χ1n) is 7.19. The Balaban J connectivity index is 1.75. The molecule has 6 heteroatoms. The maximum absolute atomic E-state index is 12.5. The van der Waals surface area contributed by atoms with Crippen molar-refractivity contribution >= 4 is 5.91 Å². The Kier molecular flexibility index (Phi) is 3.96. The summed E-state index contributed by atoms with van der Waals surface area (Å²) in [5.74, 6) is 0.0464. The zero-order valence-corrected chi connectivity index (χ0v) is 12.1. The Bertz CT molecular complexity index is 610. The van der Waals surface area contributed by atoms with Crippen LogP contribution in [0.5, 0.6) is 0 Å². The molecule has 1 fully saturated rings. The summed E-state index contributed by atoms with van der Waals surface area (Å²) < 4.78 is 1.68. The van der Waals surface area contributed by atoms with Gasteiger partial charge in [-0.1, -0.05) is 0 Å². The van der Waals surface area contributed by atoms with Gasteiger partial charge in [0.1, 0.15) is 0 Å². The lowest BCUT2D eigenvalue weighted by atomic mass is 10.1. The van der Waals surface area contributed by atoms with Crippen molar-refractivity contribution < 1.29 is 4.79 Å². The molecular weight excluding hydrogens is 266 g/mol. The Morgan fingerprint density at radius 3 is 3.10 bits per heavy atom. The highest BCUT2D eigenvalue weighted by Gasteiger charge is 2.24. The smallest absolute Gasteiger partial charge is 0.257 e. The third-order valence-electron chi connectivity index (χ3n) is 3.86. The van der Waals surface area contributed by atoms with E-state index >= 15 is 0 Å².